The van der Waals surface area contributed by atoms with Crippen LogP contribution in [-0.2, 0) is 0 Å². The molecule has 1 heterocycles. The van der Waals surface area contributed by atoms with Crippen LogP contribution in [0, 0.1) is 5.82 Å². The SMILES string of the molecule is COc1ccccc1-c1nc(-c2ccc(F)cc2)c[nH]1. The Kier molecular flexibility index (Phi) is 3.21. The zero-order valence-electron chi connectivity index (χ0n) is 10.9. The monoisotopic (exact) mass is 268 g/mol. The molecule has 0 aliphatic carbocycles. The number of nitrogens with one attached hydrogen (secondary N) is 1. The number of nitrogens with zero attached hydrogens (tertiary/aromatic N) is 1. The van der Waals surface area contributed by atoms with Gasteiger partial charge in [0.05, 0.1) is 18.4 Å². The first-order chi connectivity index (χ1) is 9.78. The van der Waals surface area contributed by atoms with Gasteiger partial charge in [0.25, 0.3) is 0 Å². The zero-order valence-corrected chi connectivity index (χ0v) is 10.9. The third-order valence-electron chi connectivity index (χ3n) is 3.08. The molecular weight excluding hydrogens is 255 g/mol. The maximum atomic E-state index is 12.9. The van der Waals surface area contributed by atoms with Crippen molar-refractivity contribution >= 4 is 0 Å². The van der Waals surface area contributed by atoms with Crippen LogP contribution in [0.4, 0.5) is 4.39 Å². The lowest BCUT2D eigenvalue weighted by atomic mass is 10.1. The Labute approximate surface area is 116 Å². The van der Waals surface area contributed by atoms with E-state index in [1.807, 2.05) is 24.3 Å². The molecule has 1 aromatic heterocycles. The molecule has 0 atom stereocenters. The van der Waals surface area contributed by atoms with Crippen molar-refractivity contribution < 1.29 is 9.13 Å². The molecule has 0 amide bonds. The van der Waals surface area contributed by atoms with Gasteiger partial charge in [-0.25, -0.2) is 9.37 Å². The Morgan fingerprint density at radius 1 is 1.05 bits per heavy atom. The van der Waals surface area contributed by atoms with Gasteiger partial charge in [-0.1, -0.05) is 12.1 Å². The second kappa shape index (κ2) is 5.17. The smallest absolute Gasteiger partial charge is 0.141 e. The number of hydrogen-bond acceptors (Lipinski definition) is 2. The molecule has 3 rings (SSSR count). The van der Waals surface area contributed by atoms with Crippen molar-refractivity contribution in [3.8, 4) is 28.4 Å². The minimum absolute atomic E-state index is 0.255. The molecule has 3 nitrogen and oxygen atoms in total. The van der Waals surface area contributed by atoms with Crippen LogP contribution in [-0.4, -0.2) is 17.1 Å². The molecule has 0 saturated heterocycles. The van der Waals surface area contributed by atoms with Crippen molar-refractivity contribution in [3.63, 3.8) is 0 Å². The van der Waals surface area contributed by atoms with E-state index in [0.29, 0.717) is 0 Å². The van der Waals surface area contributed by atoms with Crippen LogP contribution in [0.15, 0.2) is 54.7 Å². The van der Waals surface area contributed by atoms with E-state index in [2.05, 4.69) is 9.97 Å². The van der Waals surface area contributed by atoms with Gasteiger partial charge in [-0.3, -0.25) is 0 Å². The van der Waals surface area contributed by atoms with Crippen molar-refractivity contribution in [2.45, 2.75) is 0 Å². The summed E-state index contributed by atoms with van der Waals surface area (Å²) in [6.07, 6.45) is 1.80. The third kappa shape index (κ3) is 2.28. The predicted octanol–water partition coefficient (Wildman–Crippen LogP) is 3.89. The van der Waals surface area contributed by atoms with Gasteiger partial charge in [-0.2, -0.15) is 0 Å². The number of aromatic amines is 1. The van der Waals surface area contributed by atoms with Gasteiger partial charge in [0.2, 0.25) is 0 Å². The number of rotatable bonds is 3. The van der Waals surface area contributed by atoms with Crippen molar-refractivity contribution in [3.05, 3.63) is 60.5 Å². The van der Waals surface area contributed by atoms with Gasteiger partial charge < -0.3 is 9.72 Å². The van der Waals surface area contributed by atoms with Crippen LogP contribution < -0.4 is 4.74 Å². The summed E-state index contributed by atoms with van der Waals surface area (Å²) >= 11 is 0. The largest absolute Gasteiger partial charge is 0.496 e. The normalized spacial score (nSPS) is 10.5. The Balaban J connectivity index is 2.00. The summed E-state index contributed by atoms with van der Waals surface area (Å²) in [6, 6.07) is 13.9. The number of imidazole rings is 1. The highest BCUT2D eigenvalue weighted by molar-refractivity contribution is 5.68. The fourth-order valence-corrected chi connectivity index (χ4v) is 2.07. The molecule has 0 aliphatic heterocycles. The topological polar surface area (TPSA) is 37.9 Å². The van der Waals surface area contributed by atoms with E-state index in [0.717, 1.165) is 28.4 Å². The molecule has 0 unspecified atom stereocenters. The first-order valence-corrected chi connectivity index (χ1v) is 6.22. The first-order valence-electron chi connectivity index (χ1n) is 6.22. The third-order valence-corrected chi connectivity index (χ3v) is 3.08. The van der Waals surface area contributed by atoms with E-state index in [-0.39, 0.29) is 5.82 Å². The fraction of sp³-hybridized carbons (Fsp3) is 0.0625. The maximum absolute atomic E-state index is 12.9. The number of para-hydroxylation sites is 1. The lowest BCUT2D eigenvalue weighted by molar-refractivity contribution is 0.416. The van der Waals surface area contributed by atoms with Crippen LogP contribution in [0.2, 0.25) is 0 Å². The number of benzene rings is 2. The highest BCUT2D eigenvalue weighted by Crippen LogP contribution is 2.29. The molecule has 2 aromatic carbocycles. The van der Waals surface area contributed by atoms with Crippen molar-refractivity contribution in [1.82, 2.24) is 9.97 Å². The number of aromatic nitrogens is 2. The van der Waals surface area contributed by atoms with E-state index >= 15 is 0 Å². The highest BCUT2D eigenvalue weighted by Gasteiger charge is 2.10. The average molecular weight is 268 g/mol. The molecule has 0 fully saturated rings. The Morgan fingerprint density at radius 2 is 1.80 bits per heavy atom. The predicted molar refractivity (Wildman–Crippen MR) is 76.0 cm³/mol. The van der Waals surface area contributed by atoms with Crippen LogP contribution in [0.1, 0.15) is 0 Å². The minimum Gasteiger partial charge on any atom is -0.496 e. The van der Waals surface area contributed by atoms with E-state index in [1.165, 1.54) is 12.1 Å². The average Bonchev–Trinajstić information content (AvgIpc) is 2.97. The van der Waals surface area contributed by atoms with E-state index in [4.69, 9.17) is 4.74 Å². The molecule has 0 aliphatic rings. The molecule has 0 bridgehead atoms. The van der Waals surface area contributed by atoms with Crippen molar-refractivity contribution in [1.29, 1.82) is 0 Å². The van der Waals surface area contributed by atoms with Crippen LogP contribution in [0.3, 0.4) is 0 Å². The lowest BCUT2D eigenvalue weighted by Crippen LogP contribution is -1.88. The number of H-pyrrole nitrogens is 1. The Morgan fingerprint density at radius 3 is 2.55 bits per heavy atom. The van der Waals surface area contributed by atoms with Gasteiger partial charge in [-0.15, -0.1) is 0 Å². The molecule has 0 radical (unpaired) electrons. The standard InChI is InChI=1S/C16H13FN2O/c1-20-15-5-3-2-4-13(15)16-18-10-14(19-16)11-6-8-12(17)9-7-11/h2-10H,1H3,(H,18,19). The minimum atomic E-state index is -0.255. The van der Waals surface area contributed by atoms with Gasteiger partial charge in [0.15, 0.2) is 0 Å². The quantitative estimate of drug-likeness (QED) is 0.782. The Bertz CT molecular complexity index is 719. The Hall–Kier alpha value is -2.62. The molecule has 1 N–H and O–H groups in total. The number of hydrogen-bond donors (Lipinski definition) is 1. The highest BCUT2D eigenvalue weighted by atomic mass is 19.1. The number of halogens is 1. The van der Waals surface area contributed by atoms with Crippen LogP contribution in [0.25, 0.3) is 22.6 Å². The summed E-state index contributed by atoms with van der Waals surface area (Å²) in [6.45, 7) is 0. The molecular formula is C16H13FN2O. The van der Waals surface area contributed by atoms with E-state index in [1.54, 1.807) is 25.4 Å². The summed E-state index contributed by atoms with van der Waals surface area (Å²) < 4.78 is 18.2. The summed E-state index contributed by atoms with van der Waals surface area (Å²) in [7, 11) is 1.63. The molecule has 100 valence electrons. The molecule has 3 aromatic rings. The first kappa shape index (κ1) is 12.4. The second-order valence-electron chi connectivity index (χ2n) is 4.34. The van der Waals surface area contributed by atoms with E-state index < -0.39 is 0 Å². The summed E-state index contributed by atoms with van der Waals surface area (Å²) in [4.78, 5) is 7.66. The molecule has 0 spiro atoms. The van der Waals surface area contributed by atoms with E-state index in [9.17, 15) is 4.39 Å². The second-order valence-corrected chi connectivity index (χ2v) is 4.34. The lowest BCUT2D eigenvalue weighted by Gasteiger charge is -2.04. The number of ether oxygens (including phenoxy) is 1. The molecule has 20 heavy (non-hydrogen) atoms. The van der Waals surface area contributed by atoms with Crippen LogP contribution in [0.5, 0.6) is 5.75 Å². The van der Waals surface area contributed by atoms with Gasteiger partial charge in [0.1, 0.15) is 17.4 Å². The van der Waals surface area contributed by atoms with Crippen molar-refractivity contribution in [2.24, 2.45) is 0 Å². The zero-order chi connectivity index (χ0) is 13.9. The summed E-state index contributed by atoms with van der Waals surface area (Å²) in [5.74, 6) is 1.23. The maximum Gasteiger partial charge on any atom is 0.141 e. The fourth-order valence-electron chi connectivity index (χ4n) is 2.07. The van der Waals surface area contributed by atoms with Gasteiger partial charge in [-0.05, 0) is 36.4 Å². The van der Waals surface area contributed by atoms with Crippen LogP contribution >= 0.6 is 0 Å². The summed E-state index contributed by atoms with van der Waals surface area (Å²) in [5.41, 5.74) is 2.53. The summed E-state index contributed by atoms with van der Waals surface area (Å²) in [5, 5.41) is 0. The van der Waals surface area contributed by atoms with Crippen molar-refractivity contribution in [2.75, 3.05) is 7.11 Å². The molecule has 0 saturated carbocycles. The van der Waals surface area contributed by atoms with Gasteiger partial charge in [0, 0.05) is 11.8 Å². The van der Waals surface area contributed by atoms with Gasteiger partial charge >= 0.3 is 0 Å². The molecule has 4 heteroatoms. The number of methoxy groups -OCH3 is 1.